The molecule has 0 heterocycles. The van der Waals surface area contributed by atoms with Crippen LogP contribution in [0.25, 0.3) is 27.8 Å². The van der Waals surface area contributed by atoms with E-state index in [1.54, 1.807) is 0 Å². The normalized spacial score (nSPS) is 17.7. The number of allylic oxidation sites excluding steroid dienone is 8. The van der Waals surface area contributed by atoms with Crippen LogP contribution in [0, 0.1) is 11.8 Å². The lowest BCUT2D eigenvalue weighted by molar-refractivity contribution is 0.467. The van der Waals surface area contributed by atoms with Crippen molar-refractivity contribution in [3.8, 4) is 22.3 Å². The molecule has 4 aliphatic rings. The molecular formula is C68H51N. The van der Waals surface area contributed by atoms with E-state index >= 15 is 0 Å². The molecule has 9 aromatic carbocycles. The van der Waals surface area contributed by atoms with Gasteiger partial charge < -0.3 is 4.90 Å². The van der Waals surface area contributed by atoms with Crippen LogP contribution < -0.4 is 4.90 Å². The molecule has 0 radical (unpaired) electrons. The second-order valence-electron chi connectivity index (χ2n) is 19.1. The third-order valence-electron chi connectivity index (χ3n) is 15.5. The van der Waals surface area contributed by atoms with Crippen LogP contribution in [0.5, 0.6) is 0 Å². The molecule has 0 aliphatic heterocycles. The number of hydrogen-bond acceptors (Lipinski definition) is 1. The first-order valence-electron chi connectivity index (χ1n) is 24.5. The van der Waals surface area contributed by atoms with Gasteiger partial charge in [0.15, 0.2) is 0 Å². The molecule has 0 amide bonds. The molecule has 0 saturated carbocycles. The molecule has 328 valence electrons. The van der Waals surface area contributed by atoms with E-state index in [-0.39, 0.29) is 0 Å². The molecule has 0 aromatic heterocycles. The fourth-order valence-electron chi connectivity index (χ4n) is 12.6. The molecule has 1 nitrogen and oxygen atoms in total. The summed E-state index contributed by atoms with van der Waals surface area (Å²) in [7, 11) is 0. The van der Waals surface area contributed by atoms with Gasteiger partial charge in [-0.05, 0) is 133 Å². The number of nitrogens with zero attached hydrogens (tertiary/aromatic N) is 1. The monoisotopic (exact) mass is 881 g/mol. The molecule has 4 aliphatic carbocycles. The number of rotatable bonds is 8. The highest BCUT2D eigenvalue weighted by Gasteiger charge is 2.56. The van der Waals surface area contributed by atoms with Gasteiger partial charge in [-0.1, -0.05) is 243 Å². The highest BCUT2D eigenvalue weighted by Crippen LogP contribution is 2.65. The van der Waals surface area contributed by atoms with Crippen LogP contribution in [0.2, 0.25) is 0 Å². The molecule has 2 atom stereocenters. The van der Waals surface area contributed by atoms with Crippen molar-refractivity contribution >= 4 is 16.9 Å². The standard InChI is InChI=1S/C68H51N/c1-6-22-48(23-7-1)51-38-40-56(41-39-51)69(58-45-52(49-24-8-2-9-25-49)44-53(46-58)50-26-10-3-11-27-50)57-42-43-60-59-32-16-17-33-61(59)68(66(60)47-57)64-36-20-18-34-62(64)67(54-28-12-4-13-29-54,55-30-14-5-15-31-55)63-35-19-21-37-65(63)68/h1-26,28-45,47,50,53H,27,46H2. The topological polar surface area (TPSA) is 3.24 Å². The van der Waals surface area contributed by atoms with Crippen molar-refractivity contribution in [3.05, 3.63) is 329 Å². The maximum Gasteiger partial charge on any atom is 0.0720 e. The summed E-state index contributed by atoms with van der Waals surface area (Å²) in [5.74, 6) is 0.723. The largest absolute Gasteiger partial charge is 0.314 e. The molecule has 0 bridgehead atoms. The van der Waals surface area contributed by atoms with E-state index in [1.807, 2.05) is 0 Å². The zero-order chi connectivity index (χ0) is 45.8. The van der Waals surface area contributed by atoms with Crippen molar-refractivity contribution in [1.82, 2.24) is 0 Å². The number of fused-ring (bicyclic) bond motifs is 9. The number of anilines is 2. The van der Waals surface area contributed by atoms with E-state index in [2.05, 4.69) is 278 Å². The molecule has 9 aromatic rings. The molecule has 69 heavy (non-hydrogen) atoms. The predicted octanol–water partition coefficient (Wildman–Crippen LogP) is 16.7. The fourth-order valence-corrected chi connectivity index (χ4v) is 12.6. The Balaban J connectivity index is 1.07. The summed E-state index contributed by atoms with van der Waals surface area (Å²) in [6.07, 6.45) is 16.1. The highest BCUT2D eigenvalue weighted by molar-refractivity contribution is 5.92. The van der Waals surface area contributed by atoms with Gasteiger partial charge in [-0.3, -0.25) is 0 Å². The molecule has 0 fully saturated rings. The van der Waals surface area contributed by atoms with Crippen LogP contribution in [0.15, 0.2) is 279 Å². The number of hydrogen-bond donors (Lipinski definition) is 0. The maximum atomic E-state index is 2.58. The summed E-state index contributed by atoms with van der Waals surface area (Å²) in [5.41, 5.74) is 20.4. The summed E-state index contributed by atoms with van der Waals surface area (Å²) >= 11 is 0. The van der Waals surface area contributed by atoms with Crippen LogP contribution in [-0.2, 0) is 10.8 Å². The number of benzene rings is 9. The van der Waals surface area contributed by atoms with Gasteiger partial charge in [0.2, 0.25) is 0 Å². The van der Waals surface area contributed by atoms with Gasteiger partial charge in [-0.15, -0.1) is 0 Å². The Morgan fingerprint density at radius 3 is 1.46 bits per heavy atom. The van der Waals surface area contributed by atoms with Gasteiger partial charge in [-0.2, -0.15) is 0 Å². The van der Waals surface area contributed by atoms with Crippen LogP contribution >= 0.6 is 0 Å². The Morgan fingerprint density at radius 1 is 0.377 bits per heavy atom. The van der Waals surface area contributed by atoms with Crippen molar-refractivity contribution in [2.45, 2.75) is 23.7 Å². The Kier molecular flexibility index (Phi) is 9.98. The van der Waals surface area contributed by atoms with E-state index in [1.165, 1.54) is 83.6 Å². The summed E-state index contributed by atoms with van der Waals surface area (Å²) in [4.78, 5) is 2.58. The average molecular weight is 882 g/mol. The van der Waals surface area contributed by atoms with Crippen molar-refractivity contribution in [1.29, 1.82) is 0 Å². The molecular weight excluding hydrogens is 831 g/mol. The van der Waals surface area contributed by atoms with Gasteiger partial charge in [0.25, 0.3) is 0 Å². The Morgan fingerprint density at radius 2 is 0.870 bits per heavy atom. The third-order valence-corrected chi connectivity index (χ3v) is 15.5. The summed E-state index contributed by atoms with van der Waals surface area (Å²) in [5, 5.41) is 0. The zero-order valence-electron chi connectivity index (χ0n) is 38.5. The smallest absolute Gasteiger partial charge is 0.0720 e. The summed E-state index contributed by atoms with van der Waals surface area (Å²) in [6.45, 7) is 0. The van der Waals surface area contributed by atoms with Crippen molar-refractivity contribution in [2.75, 3.05) is 4.90 Å². The summed E-state index contributed by atoms with van der Waals surface area (Å²) in [6, 6.07) is 88.7. The van der Waals surface area contributed by atoms with E-state index in [0.29, 0.717) is 11.8 Å². The Hall–Kier alpha value is -8.26. The minimum Gasteiger partial charge on any atom is -0.314 e. The van der Waals surface area contributed by atoms with Crippen molar-refractivity contribution in [2.24, 2.45) is 11.8 Å². The van der Waals surface area contributed by atoms with Crippen LogP contribution in [0.3, 0.4) is 0 Å². The van der Waals surface area contributed by atoms with Crippen LogP contribution in [-0.4, -0.2) is 0 Å². The third kappa shape index (κ3) is 6.45. The van der Waals surface area contributed by atoms with Crippen molar-refractivity contribution in [3.63, 3.8) is 0 Å². The molecule has 1 spiro atoms. The fraction of sp³-hybridized carbons (Fsp3) is 0.0882. The molecule has 1 heteroatoms. The second-order valence-corrected chi connectivity index (χ2v) is 19.1. The quantitative estimate of drug-likeness (QED) is 0.147. The molecule has 0 N–H and O–H groups in total. The summed E-state index contributed by atoms with van der Waals surface area (Å²) < 4.78 is 0. The average Bonchev–Trinajstić information content (AvgIpc) is 3.72. The molecule has 13 rings (SSSR count). The second kappa shape index (κ2) is 16.8. The lowest BCUT2D eigenvalue weighted by atomic mass is 9.51. The van der Waals surface area contributed by atoms with Crippen LogP contribution in [0.4, 0.5) is 11.4 Å². The predicted molar refractivity (Wildman–Crippen MR) is 287 cm³/mol. The van der Waals surface area contributed by atoms with Gasteiger partial charge >= 0.3 is 0 Å². The Labute approximate surface area is 406 Å². The van der Waals surface area contributed by atoms with Crippen molar-refractivity contribution < 1.29 is 0 Å². The van der Waals surface area contributed by atoms with E-state index in [0.717, 1.165) is 24.2 Å². The first-order chi connectivity index (χ1) is 34.2. The first kappa shape index (κ1) is 41.0. The van der Waals surface area contributed by atoms with Gasteiger partial charge in [-0.25, -0.2) is 0 Å². The lowest BCUT2D eigenvalue weighted by Gasteiger charge is -2.50. The Bertz CT molecular complexity index is 3400. The SMILES string of the molecule is C1=CCC(C2C=C(c3ccccc3)C=C(N(c3ccc(-c4ccccc4)cc3)c3ccc4c(c3)C3(c5ccccc5-4)c4ccccc4C(c4ccccc4)(c4ccccc4)c4ccccc43)C2)C=C1. The van der Waals surface area contributed by atoms with E-state index in [9.17, 15) is 0 Å². The van der Waals surface area contributed by atoms with E-state index < -0.39 is 10.8 Å². The van der Waals surface area contributed by atoms with Gasteiger partial charge in [0.1, 0.15) is 0 Å². The molecule has 0 saturated heterocycles. The van der Waals surface area contributed by atoms with Crippen LogP contribution in [0.1, 0.15) is 62.9 Å². The van der Waals surface area contributed by atoms with Gasteiger partial charge in [0, 0.05) is 17.1 Å². The minimum absolute atomic E-state index is 0.318. The van der Waals surface area contributed by atoms with E-state index in [4.69, 9.17) is 0 Å². The van der Waals surface area contributed by atoms with Gasteiger partial charge in [0.05, 0.1) is 10.8 Å². The first-order valence-corrected chi connectivity index (χ1v) is 24.5. The lowest BCUT2D eigenvalue weighted by Crippen LogP contribution is -2.44. The zero-order valence-corrected chi connectivity index (χ0v) is 38.5. The highest BCUT2D eigenvalue weighted by atomic mass is 15.1. The molecule has 2 unspecified atom stereocenters. The maximum absolute atomic E-state index is 2.58. The minimum atomic E-state index is -0.608.